The normalized spacial score (nSPS) is 11.9. The summed E-state index contributed by atoms with van der Waals surface area (Å²) in [4.78, 5) is 0.101. The molecule has 0 spiro atoms. The van der Waals surface area contributed by atoms with Crippen molar-refractivity contribution in [2.24, 2.45) is 0 Å². The molecular formula is C11H18N2O3S. The topological polar surface area (TPSA) is 81.4 Å². The zero-order valence-corrected chi connectivity index (χ0v) is 10.8. The summed E-state index contributed by atoms with van der Waals surface area (Å²) in [7, 11) is -3.54. The van der Waals surface area contributed by atoms with Gasteiger partial charge >= 0.3 is 0 Å². The number of ether oxygens (including phenoxy) is 1. The molecule has 96 valence electrons. The summed E-state index contributed by atoms with van der Waals surface area (Å²) in [6.07, 6.45) is 0.0845. The monoisotopic (exact) mass is 258 g/mol. The number of nitrogens with two attached hydrogens (primary N) is 1. The van der Waals surface area contributed by atoms with Crippen LogP contribution in [0.4, 0.5) is 5.69 Å². The molecule has 0 atom stereocenters. The van der Waals surface area contributed by atoms with E-state index in [1.807, 2.05) is 13.8 Å². The Labute approximate surface area is 102 Å². The minimum atomic E-state index is -3.54. The zero-order valence-electron chi connectivity index (χ0n) is 10.0. The number of para-hydroxylation sites is 1. The number of hydrogen-bond acceptors (Lipinski definition) is 4. The molecule has 0 saturated carbocycles. The van der Waals surface area contributed by atoms with Crippen LogP contribution in [0.1, 0.15) is 13.8 Å². The van der Waals surface area contributed by atoms with Crippen molar-refractivity contribution < 1.29 is 13.2 Å². The molecule has 1 rings (SSSR count). The van der Waals surface area contributed by atoms with Crippen molar-refractivity contribution in [2.75, 3.05) is 18.9 Å². The summed E-state index contributed by atoms with van der Waals surface area (Å²) in [5, 5.41) is 0. The number of nitrogens with one attached hydrogen (secondary N) is 1. The Bertz CT molecular complexity index is 458. The summed E-state index contributed by atoms with van der Waals surface area (Å²) < 4.78 is 31.4. The van der Waals surface area contributed by atoms with Gasteiger partial charge in [-0.05, 0) is 26.0 Å². The van der Waals surface area contributed by atoms with Gasteiger partial charge in [-0.25, -0.2) is 13.1 Å². The van der Waals surface area contributed by atoms with Crippen LogP contribution in [0.2, 0.25) is 0 Å². The number of anilines is 1. The van der Waals surface area contributed by atoms with Crippen LogP contribution in [0, 0.1) is 0 Å². The van der Waals surface area contributed by atoms with E-state index in [9.17, 15) is 8.42 Å². The third kappa shape index (κ3) is 4.33. The molecule has 1 aromatic carbocycles. The average Bonchev–Trinajstić information content (AvgIpc) is 2.24. The van der Waals surface area contributed by atoms with Gasteiger partial charge in [-0.3, -0.25) is 0 Å². The summed E-state index contributed by atoms with van der Waals surface area (Å²) in [6.45, 7) is 4.35. The molecular weight excluding hydrogens is 240 g/mol. The fraction of sp³-hybridized carbons (Fsp3) is 0.455. The molecule has 0 bridgehead atoms. The SMILES string of the molecule is CC(C)OCCNS(=O)(=O)c1ccccc1N. The van der Waals surface area contributed by atoms with Crippen LogP contribution in [-0.4, -0.2) is 27.7 Å². The van der Waals surface area contributed by atoms with Crippen molar-refractivity contribution in [3.63, 3.8) is 0 Å². The molecule has 0 saturated heterocycles. The highest BCUT2D eigenvalue weighted by atomic mass is 32.2. The van der Waals surface area contributed by atoms with Crippen LogP contribution in [0.3, 0.4) is 0 Å². The highest BCUT2D eigenvalue weighted by Gasteiger charge is 2.15. The summed E-state index contributed by atoms with van der Waals surface area (Å²) >= 11 is 0. The minimum absolute atomic E-state index is 0.0845. The second-order valence-corrected chi connectivity index (χ2v) is 5.59. The average molecular weight is 258 g/mol. The first-order chi connectivity index (χ1) is 7.93. The first kappa shape index (κ1) is 14.0. The molecule has 5 nitrogen and oxygen atoms in total. The lowest BCUT2D eigenvalue weighted by atomic mass is 10.3. The van der Waals surface area contributed by atoms with Crippen molar-refractivity contribution in [3.05, 3.63) is 24.3 Å². The zero-order chi connectivity index (χ0) is 12.9. The van der Waals surface area contributed by atoms with Crippen molar-refractivity contribution in [2.45, 2.75) is 24.8 Å². The Morgan fingerprint density at radius 3 is 2.59 bits per heavy atom. The van der Waals surface area contributed by atoms with Crippen LogP contribution in [-0.2, 0) is 14.8 Å². The second-order valence-electron chi connectivity index (χ2n) is 3.86. The van der Waals surface area contributed by atoms with Crippen LogP contribution in [0.15, 0.2) is 29.2 Å². The largest absolute Gasteiger partial charge is 0.398 e. The number of sulfonamides is 1. The smallest absolute Gasteiger partial charge is 0.242 e. The standard InChI is InChI=1S/C11H18N2O3S/c1-9(2)16-8-7-13-17(14,15)11-6-4-3-5-10(11)12/h3-6,9,13H,7-8,12H2,1-2H3. The lowest BCUT2D eigenvalue weighted by Crippen LogP contribution is -2.28. The van der Waals surface area contributed by atoms with Gasteiger partial charge < -0.3 is 10.5 Å². The summed E-state index contributed by atoms with van der Waals surface area (Å²) in [5.74, 6) is 0. The fourth-order valence-electron chi connectivity index (χ4n) is 1.27. The van der Waals surface area contributed by atoms with Gasteiger partial charge in [0.15, 0.2) is 0 Å². The van der Waals surface area contributed by atoms with Gasteiger partial charge in [0.2, 0.25) is 10.0 Å². The van der Waals surface area contributed by atoms with Crippen molar-refractivity contribution in [1.82, 2.24) is 4.72 Å². The quantitative estimate of drug-likeness (QED) is 0.588. The van der Waals surface area contributed by atoms with E-state index >= 15 is 0 Å². The first-order valence-corrected chi connectivity index (χ1v) is 6.87. The van der Waals surface area contributed by atoms with Crippen LogP contribution in [0.5, 0.6) is 0 Å². The fourth-order valence-corrected chi connectivity index (χ4v) is 2.42. The lowest BCUT2D eigenvalue weighted by Gasteiger charge is -2.10. The van der Waals surface area contributed by atoms with E-state index in [2.05, 4.69) is 4.72 Å². The maximum Gasteiger partial charge on any atom is 0.242 e. The molecule has 0 heterocycles. The van der Waals surface area contributed by atoms with E-state index in [1.54, 1.807) is 18.2 Å². The van der Waals surface area contributed by atoms with Gasteiger partial charge in [-0.2, -0.15) is 0 Å². The highest BCUT2D eigenvalue weighted by molar-refractivity contribution is 7.89. The van der Waals surface area contributed by atoms with E-state index in [0.29, 0.717) is 6.61 Å². The van der Waals surface area contributed by atoms with Crippen molar-refractivity contribution in [3.8, 4) is 0 Å². The molecule has 17 heavy (non-hydrogen) atoms. The second kappa shape index (κ2) is 6.00. The molecule has 3 N–H and O–H groups in total. The number of benzene rings is 1. The molecule has 0 aliphatic rings. The number of nitrogen functional groups attached to an aromatic ring is 1. The summed E-state index contributed by atoms with van der Waals surface area (Å²) in [5.41, 5.74) is 5.85. The molecule has 0 radical (unpaired) electrons. The Morgan fingerprint density at radius 2 is 2.00 bits per heavy atom. The number of hydrogen-bond donors (Lipinski definition) is 2. The molecule has 0 amide bonds. The van der Waals surface area contributed by atoms with Gasteiger partial charge in [0, 0.05) is 6.54 Å². The molecule has 0 aliphatic heterocycles. The third-order valence-corrected chi connectivity index (χ3v) is 3.59. The number of rotatable bonds is 6. The van der Waals surface area contributed by atoms with Gasteiger partial charge in [0.05, 0.1) is 18.4 Å². The van der Waals surface area contributed by atoms with Crippen molar-refractivity contribution >= 4 is 15.7 Å². The highest BCUT2D eigenvalue weighted by Crippen LogP contribution is 2.16. The predicted molar refractivity (Wildman–Crippen MR) is 67.1 cm³/mol. The molecule has 1 aromatic rings. The van der Waals surface area contributed by atoms with E-state index in [0.717, 1.165) is 0 Å². The molecule has 0 unspecified atom stereocenters. The maximum atomic E-state index is 11.9. The van der Waals surface area contributed by atoms with Crippen LogP contribution < -0.4 is 10.5 Å². The first-order valence-electron chi connectivity index (χ1n) is 5.39. The van der Waals surface area contributed by atoms with Crippen LogP contribution >= 0.6 is 0 Å². The van der Waals surface area contributed by atoms with E-state index in [4.69, 9.17) is 10.5 Å². The molecule has 6 heteroatoms. The van der Waals surface area contributed by atoms with Gasteiger partial charge in [-0.1, -0.05) is 12.1 Å². The Hall–Kier alpha value is -1.11. The molecule has 0 aromatic heterocycles. The van der Waals surface area contributed by atoms with Crippen molar-refractivity contribution in [1.29, 1.82) is 0 Å². The Kier molecular flexibility index (Phi) is 4.92. The Balaban J connectivity index is 2.61. The Morgan fingerprint density at radius 1 is 1.35 bits per heavy atom. The third-order valence-electron chi connectivity index (χ3n) is 2.05. The van der Waals surface area contributed by atoms with Gasteiger partial charge in [0.1, 0.15) is 4.90 Å². The molecule has 0 fully saturated rings. The molecule has 0 aliphatic carbocycles. The van der Waals surface area contributed by atoms with Gasteiger partial charge in [-0.15, -0.1) is 0 Å². The minimum Gasteiger partial charge on any atom is -0.398 e. The van der Waals surface area contributed by atoms with E-state index in [1.165, 1.54) is 6.07 Å². The van der Waals surface area contributed by atoms with E-state index in [-0.39, 0.29) is 23.2 Å². The van der Waals surface area contributed by atoms with Crippen LogP contribution in [0.25, 0.3) is 0 Å². The van der Waals surface area contributed by atoms with Gasteiger partial charge in [0.25, 0.3) is 0 Å². The maximum absolute atomic E-state index is 11.9. The predicted octanol–water partition coefficient (Wildman–Crippen LogP) is 0.972. The lowest BCUT2D eigenvalue weighted by molar-refractivity contribution is 0.0834. The van der Waals surface area contributed by atoms with E-state index < -0.39 is 10.0 Å². The summed E-state index contributed by atoms with van der Waals surface area (Å²) in [6, 6.07) is 6.35.